The Balaban J connectivity index is 2.41. The summed E-state index contributed by atoms with van der Waals surface area (Å²) in [5, 5.41) is 22.1. The summed E-state index contributed by atoms with van der Waals surface area (Å²) in [4.78, 5) is 32.9. The molecule has 4 N–H and O–H groups in total. The maximum Gasteiger partial charge on any atom is 0.326 e. The number of nitrogens with one attached hydrogen (secondary N) is 2. The highest BCUT2D eigenvalue weighted by molar-refractivity contribution is 5.86. The van der Waals surface area contributed by atoms with E-state index in [4.69, 9.17) is 14.9 Å². The second-order valence-corrected chi connectivity index (χ2v) is 5.24. The van der Waals surface area contributed by atoms with Crippen LogP contribution >= 0.6 is 0 Å². The van der Waals surface area contributed by atoms with Gasteiger partial charge in [-0.1, -0.05) is 6.92 Å². The predicted octanol–water partition coefficient (Wildman–Crippen LogP) is 0.0302. The van der Waals surface area contributed by atoms with Crippen molar-refractivity contribution < 1.29 is 29.3 Å². The number of ether oxygens (including phenoxy) is 1. The molecule has 1 aliphatic heterocycles. The quantitative estimate of drug-likeness (QED) is 0.546. The Labute approximate surface area is 116 Å². The lowest BCUT2D eigenvalue weighted by Gasteiger charge is -2.33. The largest absolute Gasteiger partial charge is 0.481 e. The van der Waals surface area contributed by atoms with Gasteiger partial charge in [0.2, 0.25) is 0 Å². The van der Waals surface area contributed by atoms with Crippen LogP contribution in [0.3, 0.4) is 0 Å². The lowest BCUT2D eigenvalue weighted by atomic mass is 9.82. The number of hydrogen-bond donors (Lipinski definition) is 4. The molecule has 0 aromatic heterocycles. The molecule has 1 saturated heterocycles. The summed E-state index contributed by atoms with van der Waals surface area (Å²) in [5.74, 6) is -2.66. The van der Waals surface area contributed by atoms with Gasteiger partial charge < -0.3 is 25.6 Å². The molecule has 1 atom stereocenters. The minimum atomic E-state index is -1.44. The molecule has 8 nitrogen and oxygen atoms in total. The van der Waals surface area contributed by atoms with Crippen molar-refractivity contribution >= 4 is 18.0 Å². The second-order valence-electron chi connectivity index (χ2n) is 5.24. The zero-order valence-corrected chi connectivity index (χ0v) is 11.3. The van der Waals surface area contributed by atoms with Gasteiger partial charge in [-0.3, -0.25) is 4.79 Å². The Hall–Kier alpha value is -1.83. The normalized spacial score (nSPS) is 18.9. The van der Waals surface area contributed by atoms with Gasteiger partial charge in [0, 0.05) is 19.8 Å². The van der Waals surface area contributed by atoms with Gasteiger partial charge in [-0.2, -0.15) is 0 Å². The summed E-state index contributed by atoms with van der Waals surface area (Å²) >= 11 is 0. The Morgan fingerprint density at radius 3 is 2.35 bits per heavy atom. The van der Waals surface area contributed by atoms with E-state index in [1.165, 1.54) is 0 Å². The maximum atomic E-state index is 11.6. The summed E-state index contributed by atoms with van der Waals surface area (Å²) in [6, 6.07) is -2.11. The third kappa shape index (κ3) is 5.43. The van der Waals surface area contributed by atoms with Crippen LogP contribution in [0.25, 0.3) is 0 Å². The topological polar surface area (TPSA) is 125 Å². The lowest BCUT2D eigenvalue weighted by molar-refractivity contribution is -0.145. The van der Waals surface area contributed by atoms with Crippen LogP contribution in [0.1, 0.15) is 26.2 Å². The standard InChI is InChI=1S/C12H20N2O6/c1-12(2-4-20-5-3-12)7-13-11(19)14-8(10(17)18)6-9(15)16/h8H,2-7H2,1H3,(H,15,16)(H,17,18)(H2,13,14,19)/t8-/m1/s1. The number of carbonyl (C=O) groups excluding carboxylic acids is 1. The molecule has 0 radical (unpaired) electrons. The molecule has 0 aromatic carbocycles. The molecule has 8 heteroatoms. The van der Waals surface area contributed by atoms with Gasteiger partial charge in [0.15, 0.2) is 0 Å². The van der Waals surface area contributed by atoms with Gasteiger partial charge in [0.25, 0.3) is 0 Å². The predicted molar refractivity (Wildman–Crippen MR) is 68.4 cm³/mol. The fourth-order valence-electron chi connectivity index (χ4n) is 1.92. The smallest absolute Gasteiger partial charge is 0.326 e. The molecule has 1 heterocycles. The fraction of sp³-hybridized carbons (Fsp3) is 0.750. The summed E-state index contributed by atoms with van der Waals surface area (Å²) in [6.45, 7) is 3.68. The zero-order chi connectivity index (χ0) is 15.2. The van der Waals surface area contributed by atoms with Crippen LogP contribution in [0, 0.1) is 5.41 Å². The highest BCUT2D eigenvalue weighted by atomic mass is 16.5. The van der Waals surface area contributed by atoms with Crippen molar-refractivity contribution in [2.45, 2.75) is 32.2 Å². The molecule has 0 aliphatic carbocycles. The molecule has 2 amide bonds. The number of rotatable bonds is 6. The first-order valence-electron chi connectivity index (χ1n) is 6.39. The monoisotopic (exact) mass is 288 g/mol. The van der Waals surface area contributed by atoms with E-state index in [1.54, 1.807) is 0 Å². The SMILES string of the molecule is CC1(CNC(=O)N[C@H](CC(=O)O)C(=O)O)CCOCC1. The molecule has 114 valence electrons. The van der Waals surface area contributed by atoms with E-state index >= 15 is 0 Å². The molecule has 0 aromatic rings. The van der Waals surface area contributed by atoms with Crippen molar-refractivity contribution in [2.75, 3.05) is 19.8 Å². The van der Waals surface area contributed by atoms with Gasteiger partial charge in [-0.25, -0.2) is 9.59 Å². The molecule has 0 saturated carbocycles. The lowest BCUT2D eigenvalue weighted by Crippen LogP contribution is -2.49. The van der Waals surface area contributed by atoms with E-state index in [9.17, 15) is 14.4 Å². The highest BCUT2D eigenvalue weighted by Gasteiger charge is 2.29. The maximum absolute atomic E-state index is 11.6. The molecule has 0 bridgehead atoms. The molecule has 1 fully saturated rings. The van der Waals surface area contributed by atoms with Gasteiger partial charge >= 0.3 is 18.0 Å². The molecular weight excluding hydrogens is 268 g/mol. The Kier molecular flexibility index (Phi) is 5.75. The van der Waals surface area contributed by atoms with Crippen LogP contribution in [0.15, 0.2) is 0 Å². The summed E-state index contributed by atoms with van der Waals surface area (Å²) in [7, 11) is 0. The Morgan fingerprint density at radius 2 is 1.85 bits per heavy atom. The first-order valence-corrected chi connectivity index (χ1v) is 6.39. The van der Waals surface area contributed by atoms with Crippen molar-refractivity contribution in [2.24, 2.45) is 5.41 Å². The summed E-state index contributed by atoms with van der Waals surface area (Å²) in [5.41, 5.74) is -0.0822. The van der Waals surface area contributed by atoms with Gasteiger partial charge in [-0.05, 0) is 18.3 Å². The van der Waals surface area contributed by atoms with Crippen LogP contribution in [0.5, 0.6) is 0 Å². The van der Waals surface area contributed by atoms with Crippen LogP contribution in [0.2, 0.25) is 0 Å². The third-order valence-corrected chi connectivity index (χ3v) is 3.36. The summed E-state index contributed by atoms with van der Waals surface area (Å²) in [6.07, 6.45) is 0.962. The zero-order valence-electron chi connectivity index (χ0n) is 11.3. The average Bonchev–Trinajstić information content (AvgIpc) is 2.36. The first-order chi connectivity index (χ1) is 9.32. The number of aliphatic carboxylic acids is 2. The molecule has 1 aliphatic rings. The third-order valence-electron chi connectivity index (χ3n) is 3.36. The number of carbonyl (C=O) groups is 3. The van der Waals surface area contributed by atoms with Crippen molar-refractivity contribution in [1.82, 2.24) is 10.6 Å². The molecule has 0 unspecified atom stereocenters. The van der Waals surface area contributed by atoms with E-state index in [2.05, 4.69) is 10.6 Å². The first kappa shape index (κ1) is 16.2. The molecule has 0 spiro atoms. The van der Waals surface area contributed by atoms with Crippen LogP contribution in [0.4, 0.5) is 4.79 Å². The van der Waals surface area contributed by atoms with Crippen molar-refractivity contribution in [3.05, 3.63) is 0 Å². The van der Waals surface area contributed by atoms with Gasteiger partial charge in [-0.15, -0.1) is 0 Å². The Bertz CT molecular complexity index is 378. The number of urea groups is 1. The number of carboxylic acid groups (broad SMARTS) is 2. The van der Waals surface area contributed by atoms with E-state index in [0.29, 0.717) is 19.8 Å². The minimum Gasteiger partial charge on any atom is -0.481 e. The van der Waals surface area contributed by atoms with Gasteiger partial charge in [0.05, 0.1) is 6.42 Å². The van der Waals surface area contributed by atoms with Crippen LogP contribution < -0.4 is 10.6 Å². The second kappa shape index (κ2) is 7.09. The summed E-state index contributed by atoms with van der Waals surface area (Å²) < 4.78 is 5.24. The minimum absolute atomic E-state index is 0.0822. The number of amides is 2. The molecule has 1 rings (SSSR count). The van der Waals surface area contributed by atoms with E-state index in [1.807, 2.05) is 6.92 Å². The van der Waals surface area contributed by atoms with E-state index in [-0.39, 0.29) is 5.41 Å². The van der Waals surface area contributed by atoms with Gasteiger partial charge in [0.1, 0.15) is 6.04 Å². The average molecular weight is 288 g/mol. The Morgan fingerprint density at radius 1 is 1.25 bits per heavy atom. The van der Waals surface area contributed by atoms with Crippen LogP contribution in [-0.2, 0) is 14.3 Å². The number of carboxylic acids is 2. The van der Waals surface area contributed by atoms with Crippen LogP contribution in [-0.4, -0.2) is 54.0 Å². The van der Waals surface area contributed by atoms with Crippen molar-refractivity contribution in [1.29, 1.82) is 0 Å². The van der Waals surface area contributed by atoms with Crippen molar-refractivity contribution in [3.8, 4) is 0 Å². The van der Waals surface area contributed by atoms with Crippen molar-refractivity contribution in [3.63, 3.8) is 0 Å². The number of hydrogen-bond acceptors (Lipinski definition) is 4. The molecular formula is C12H20N2O6. The van der Waals surface area contributed by atoms with E-state index in [0.717, 1.165) is 12.8 Å². The molecule has 20 heavy (non-hydrogen) atoms. The van der Waals surface area contributed by atoms with E-state index < -0.39 is 30.4 Å². The fourth-order valence-corrected chi connectivity index (χ4v) is 1.92. The highest BCUT2D eigenvalue weighted by Crippen LogP contribution is 2.28.